The minimum atomic E-state index is -0.502. The molecule has 0 atom stereocenters. The normalized spacial score (nSPS) is 17.4. The van der Waals surface area contributed by atoms with Crippen molar-refractivity contribution in [1.82, 2.24) is 24.6 Å². The Kier molecular flexibility index (Phi) is 5.12. The number of benzene rings is 2. The highest BCUT2D eigenvalue weighted by molar-refractivity contribution is 5.98. The number of hydrogen-bond acceptors (Lipinski definition) is 7. The molecule has 6 aromatic rings. The van der Waals surface area contributed by atoms with Gasteiger partial charge in [0.25, 0.3) is 0 Å². The van der Waals surface area contributed by atoms with Crippen LogP contribution in [0.3, 0.4) is 0 Å². The Morgan fingerprint density at radius 1 is 0.775 bits per heavy atom. The molecule has 0 radical (unpaired) electrons. The zero-order chi connectivity index (χ0) is 26.7. The van der Waals surface area contributed by atoms with Crippen LogP contribution < -0.4 is 5.73 Å². The molecule has 0 amide bonds. The highest BCUT2D eigenvalue weighted by Crippen LogP contribution is 2.51. The number of rotatable bonds is 4. The van der Waals surface area contributed by atoms with Crippen molar-refractivity contribution >= 4 is 16.6 Å². The van der Waals surface area contributed by atoms with Crippen LogP contribution in [0.1, 0.15) is 18.4 Å². The third-order valence-electron chi connectivity index (χ3n) is 8.11. The summed E-state index contributed by atoms with van der Waals surface area (Å²) in [4.78, 5) is 9.30. The van der Waals surface area contributed by atoms with E-state index in [9.17, 15) is 0 Å². The molecule has 5 heterocycles. The lowest BCUT2D eigenvalue weighted by molar-refractivity contribution is -0.239. The van der Waals surface area contributed by atoms with E-state index >= 15 is 0 Å². The molecule has 196 valence electrons. The van der Waals surface area contributed by atoms with Gasteiger partial charge in [-0.3, -0.25) is 9.38 Å². The van der Waals surface area contributed by atoms with Gasteiger partial charge < -0.3 is 15.2 Å². The van der Waals surface area contributed by atoms with Crippen molar-refractivity contribution in [2.75, 3.05) is 13.2 Å². The Morgan fingerprint density at radius 3 is 2.27 bits per heavy atom. The number of nitrogens with zero attached hydrogens (tertiary/aromatic N) is 5. The van der Waals surface area contributed by atoms with Crippen molar-refractivity contribution in [3.63, 3.8) is 0 Å². The maximum atomic E-state index is 6.77. The summed E-state index contributed by atoms with van der Waals surface area (Å²) in [6.07, 6.45) is 6.83. The summed E-state index contributed by atoms with van der Waals surface area (Å²) in [7, 11) is 0. The third kappa shape index (κ3) is 3.65. The predicted octanol–water partition coefficient (Wildman–Crippen LogP) is 5.36. The van der Waals surface area contributed by atoms with Crippen molar-refractivity contribution in [2.24, 2.45) is 5.73 Å². The lowest BCUT2D eigenvalue weighted by Crippen LogP contribution is -2.60. The minimum absolute atomic E-state index is 0.451. The molecule has 2 fully saturated rings. The van der Waals surface area contributed by atoms with Crippen molar-refractivity contribution < 1.29 is 9.47 Å². The van der Waals surface area contributed by atoms with Gasteiger partial charge in [-0.05, 0) is 35.4 Å². The van der Waals surface area contributed by atoms with Crippen LogP contribution in [-0.2, 0) is 15.0 Å². The van der Waals surface area contributed by atoms with E-state index in [0.29, 0.717) is 26.1 Å². The largest absolute Gasteiger partial charge is 0.347 e. The number of pyridine rings is 3. The second-order valence-electron chi connectivity index (χ2n) is 10.6. The summed E-state index contributed by atoms with van der Waals surface area (Å²) in [5.41, 5.74) is 14.0. The van der Waals surface area contributed by atoms with Crippen molar-refractivity contribution in [3.8, 4) is 33.8 Å². The molecule has 2 aliphatic rings. The first kappa shape index (κ1) is 23.4. The molecule has 1 spiro atoms. The monoisotopic (exact) mass is 526 g/mol. The summed E-state index contributed by atoms with van der Waals surface area (Å²) >= 11 is 0. The molecule has 0 unspecified atom stereocenters. The maximum absolute atomic E-state index is 6.77. The molecular formula is C32H26N6O2. The Morgan fingerprint density at radius 2 is 1.52 bits per heavy atom. The van der Waals surface area contributed by atoms with Crippen LogP contribution in [0.15, 0.2) is 97.5 Å². The summed E-state index contributed by atoms with van der Waals surface area (Å²) in [5.74, 6) is 0.264. The molecule has 1 saturated carbocycles. The molecule has 40 heavy (non-hydrogen) atoms. The van der Waals surface area contributed by atoms with Crippen LogP contribution in [0.25, 0.3) is 50.3 Å². The van der Waals surface area contributed by atoms with Crippen LogP contribution in [0.2, 0.25) is 0 Å². The maximum Gasteiger partial charge on any atom is 0.172 e. The van der Waals surface area contributed by atoms with E-state index in [1.165, 1.54) is 0 Å². The molecule has 4 aromatic heterocycles. The van der Waals surface area contributed by atoms with Crippen molar-refractivity contribution in [1.29, 1.82) is 0 Å². The lowest BCUT2D eigenvalue weighted by atomic mass is 9.68. The zero-order valence-corrected chi connectivity index (χ0v) is 21.7. The number of ether oxygens (including phenoxy) is 2. The van der Waals surface area contributed by atoms with Gasteiger partial charge in [0, 0.05) is 53.5 Å². The van der Waals surface area contributed by atoms with Gasteiger partial charge >= 0.3 is 0 Å². The number of aromatic nitrogens is 5. The first-order valence-electron chi connectivity index (χ1n) is 13.4. The van der Waals surface area contributed by atoms with Gasteiger partial charge in [0.05, 0.1) is 30.0 Å². The molecule has 8 rings (SSSR count). The van der Waals surface area contributed by atoms with E-state index in [1.807, 2.05) is 47.0 Å². The second-order valence-corrected chi connectivity index (χ2v) is 10.6. The van der Waals surface area contributed by atoms with E-state index in [-0.39, 0.29) is 0 Å². The van der Waals surface area contributed by atoms with E-state index < -0.39 is 11.3 Å². The van der Waals surface area contributed by atoms with Crippen LogP contribution in [0.5, 0.6) is 0 Å². The molecule has 1 aliphatic heterocycles. The van der Waals surface area contributed by atoms with E-state index in [4.69, 9.17) is 20.2 Å². The zero-order valence-electron chi connectivity index (χ0n) is 21.7. The minimum Gasteiger partial charge on any atom is -0.347 e. The average Bonchev–Trinajstić information content (AvgIpc) is 3.65. The summed E-state index contributed by atoms with van der Waals surface area (Å²) in [6.45, 7) is 1.27. The van der Waals surface area contributed by atoms with Crippen LogP contribution in [-0.4, -0.2) is 43.6 Å². The smallest absolute Gasteiger partial charge is 0.172 e. The standard InChI is InChI=1S/C32H26N6O2/c33-31(19-32(20-31)39-16-17-40-32)24-8-6-22(7-9-24)28-25(21-4-2-1-3-5-21)18-26-27(35-28)12-15-38-29(36-37-30(26)38)23-10-13-34-14-11-23/h1-15,18H,16-17,19-20,33H2. The van der Waals surface area contributed by atoms with Gasteiger partial charge in [-0.2, -0.15) is 0 Å². The molecule has 8 heteroatoms. The lowest BCUT2D eigenvalue weighted by Gasteiger charge is -2.50. The molecule has 1 saturated heterocycles. The topological polar surface area (TPSA) is 100 Å². The molecule has 2 N–H and O–H groups in total. The third-order valence-corrected chi connectivity index (χ3v) is 8.11. The highest BCUT2D eigenvalue weighted by atomic mass is 16.7. The number of nitrogens with two attached hydrogens (primary N) is 1. The van der Waals surface area contributed by atoms with Gasteiger partial charge in [0.15, 0.2) is 17.3 Å². The summed E-state index contributed by atoms with van der Waals surface area (Å²) in [5, 5.41) is 10.00. The predicted molar refractivity (Wildman–Crippen MR) is 152 cm³/mol. The fraction of sp³-hybridized carbons (Fsp3) is 0.188. The van der Waals surface area contributed by atoms with Gasteiger partial charge in [-0.25, -0.2) is 4.98 Å². The van der Waals surface area contributed by atoms with Gasteiger partial charge in [-0.15, -0.1) is 10.2 Å². The first-order valence-corrected chi connectivity index (χ1v) is 13.4. The Balaban J connectivity index is 1.24. The highest BCUT2D eigenvalue weighted by Gasteiger charge is 2.57. The van der Waals surface area contributed by atoms with Crippen LogP contribution >= 0.6 is 0 Å². The van der Waals surface area contributed by atoms with E-state index in [0.717, 1.165) is 55.9 Å². The fourth-order valence-corrected chi connectivity index (χ4v) is 6.13. The Labute approximate surface area is 230 Å². The molecule has 2 aromatic carbocycles. The first-order chi connectivity index (χ1) is 19.6. The molecule has 0 bridgehead atoms. The Hall–Kier alpha value is -4.50. The summed E-state index contributed by atoms with van der Waals surface area (Å²) in [6, 6.07) is 26.8. The van der Waals surface area contributed by atoms with E-state index in [2.05, 4.69) is 57.6 Å². The average molecular weight is 527 g/mol. The summed E-state index contributed by atoms with van der Waals surface area (Å²) < 4.78 is 13.7. The second kappa shape index (κ2) is 8.76. The van der Waals surface area contributed by atoms with Crippen molar-refractivity contribution in [3.05, 3.63) is 103 Å². The SMILES string of the molecule is NC1(c2ccc(-c3nc4ccn5c(-c6ccncc6)nnc5c4cc3-c3ccccc3)cc2)CC2(C1)OCCO2. The molecule has 1 aliphatic carbocycles. The quantitative estimate of drug-likeness (QED) is 0.330. The molecule has 8 nitrogen and oxygen atoms in total. The van der Waals surface area contributed by atoms with Gasteiger partial charge in [0.1, 0.15) is 0 Å². The van der Waals surface area contributed by atoms with Crippen LogP contribution in [0, 0.1) is 0 Å². The number of fused-ring (bicyclic) bond motifs is 3. The Bertz CT molecular complexity index is 1860. The van der Waals surface area contributed by atoms with Gasteiger partial charge in [-0.1, -0.05) is 54.6 Å². The fourth-order valence-electron chi connectivity index (χ4n) is 6.13. The number of hydrogen-bond donors (Lipinski definition) is 1. The molecular weight excluding hydrogens is 500 g/mol. The van der Waals surface area contributed by atoms with Crippen LogP contribution in [0.4, 0.5) is 0 Å². The van der Waals surface area contributed by atoms with Crippen molar-refractivity contribution in [2.45, 2.75) is 24.2 Å². The van der Waals surface area contributed by atoms with Gasteiger partial charge in [0.2, 0.25) is 0 Å². The van der Waals surface area contributed by atoms with E-state index in [1.54, 1.807) is 12.4 Å².